The van der Waals surface area contributed by atoms with Crippen LogP contribution in [0.1, 0.15) is 28.3 Å². The van der Waals surface area contributed by atoms with Crippen LogP contribution in [0.2, 0.25) is 5.02 Å². The third-order valence-corrected chi connectivity index (χ3v) is 3.77. The van der Waals surface area contributed by atoms with E-state index >= 15 is 0 Å². The number of nitrogens with two attached hydrogens (primary N) is 1. The summed E-state index contributed by atoms with van der Waals surface area (Å²) in [5.74, 6) is 5.68. The molecule has 1 unspecified atom stereocenters. The summed E-state index contributed by atoms with van der Waals surface area (Å²) in [5.41, 5.74) is 7.58. The van der Waals surface area contributed by atoms with Gasteiger partial charge in [-0.3, -0.25) is 11.3 Å². The largest absolute Gasteiger partial charge is 0.271 e. The number of hydrogen-bond donors (Lipinski definition) is 2. The minimum atomic E-state index is 0.0702. The normalized spacial score (nSPS) is 12.4. The van der Waals surface area contributed by atoms with E-state index < -0.39 is 0 Å². The van der Waals surface area contributed by atoms with Crippen LogP contribution in [0.15, 0.2) is 42.5 Å². The Kier molecular flexibility index (Phi) is 4.59. The van der Waals surface area contributed by atoms with Crippen LogP contribution >= 0.6 is 11.6 Å². The Labute approximate surface area is 119 Å². The quantitative estimate of drug-likeness (QED) is 0.659. The maximum absolute atomic E-state index is 6.17. The van der Waals surface area contributed by atoms with E-state index in [1.54, 1.807) is 0 Å². The van der Waals surface area contributed by atoms with Gasteiger partial charge in [0.15, 0.2) is 0 Å². The maximum Gasteiger partial charge on any atom is 0.0500 e. The molecule has 0 fully saturated rings. The van der Waals surface area contributed by atoms with Gasteiger partial charge in [-0.05, 0) is 43.0 Å². The molecule has 0 radical (unpaired) electrons. The second kappa shape index (κ2) is 6.20. The van der Waals surface area contributed by atoms with E-state index in [4.69, 9.17) is 17.4 Å². The second-order valence-corrected chi connectivity index (χ2v) is 5.32. The van der Waals surface area contributed by atoms with Gasteiger partial charge in [0.1, 0.15) is 0 Å². The molecular weight excluding hydrogens is 256 g/mol. The van der Waals surface area contributed by atoms with Gasteiger partial charge in [0.05, 0.1) is 6.04 Å². The number of rotatable bonds is 4. The van der Waals surface area contributed by atoms with Gasteiger partial charge in [0.2, 0.25) is 0 Å². The number of aryl methyl sites for hydroxylation is 2. The minimum Gasteiger partial charge on any atom is -0.271 e. The zero-order valence-corrected chi connectivity index (χ0v) is 12.0. The Hall–Kier alpha value is -1.35. The van der Waals surface area contributed by atoms with Crippen molar-refractivity contribution in [3.05, 3.63) is 69.7 Å². The van der Waals surface area contributed by atoms with Gasteiger partial charge in [0.25, 0.3) is 0 Å². The fourth-order valence-electron chi connectivity index (χ4n) is 2.06. The fourth-order valence-corrected chi connectivity index (χ4v) is 2.25. The van der Waals surface area contributed by atoms with Gasteiger partial charge >= 0.3 is 0 Å². The smallest absolute Gasteiger partial charge is 0.0500 e. The van der Waals surface area contributed by atoms with Crippen molar-refractivity contribution < 1.29 is 0 Å². The lowest BCUT2D eigenvalue weighted by Crippen LogP contribution is -2.29. The standard InChI is InChI=1S/C16H19ClN2/c1-11-3-6-13(7-4-11)9-16(19-18)14-8-5-12(2)15(17)10-14/h3-8,10,16,19H,9,18H2,1-2H3. The number of halogens is 1. The Morgan fingerprint density at radius 3 is 2.37 bits per heavy atom. The molecule has 0 aliphatic heterocycles. The van der Waals surface area contributed by atoms with Crippen molar-refractivity contribution >= 4 is 11.6 Å². The molecule has 0 aliphatic carbocycles. The van der Waals surface area contributed by atoms with Gasteiger partial charge in [-0.1, -0.05) is 53.6 Å². The summed E-state index contributed by atoms with van der Waals surface area (Å²) in [6.07, 6.45) is 0.843. The Balaban J connectivity index is 2.19. The van der Waals surface area contributed by atoms with Crippen LogP contribution in [0.25, 0.3) is 0 Å². The third kappa shape index (κ3) is 3.57. The Morgan fingerprint density at radius 2 is 1.79 bits per heavy atom. The molecule has 0 spiro atoms. The molecule has 1 atom stereocenters. The van der Waals surface area contributed by atoms with Crippen molar-refractivity contribution in [2.45, 2.75) is 26.3 Å². The molecule has 0 saturated carbocycles. The summed E-state index contributed by atoms with van der Waals surface area (Å²) >= 11 is 6.17. The van der Waals surface area contributed by atoms with Crippen molar-refractivity contribution in [3.63, 3.8) is 0 Å². The molecule has 0 amide bonds. The number of nitrogens with one attached hydrogen (secondary N) is 1. The summed E-state index contributed by atoms with van der Waals surface area (Å²) in [6, 6.07) is 14.6. The van der Waals surface area contributed by atoms with Crippen LogP contribution in [0.3, 0.4) is 0 Å². The molecule has 0 aromatic heterocycles. The third-order valence-electron chi connectivity index (χ3n) is 3.36. The molecule has 0 heterocycles. The van der Waals surface area contributed by atoms with Gasteiger partial charge < -0.3 is 0 Å². The lowest BCUT2D eigenvalue weighted by Gasteiger charge is -2.17. The van der Waals surface area contributed by atoms with E-state index in [2.05, 4.69) is 42.7 Å². The summed E-state index contributed by atoms with van der Waals surface area (Å²) in [4.78, 5) is 0. The molecule has 2 rings (SSSR count). The highest BCUT2D eigenvalue weighted by molar-refractivity contribution is 6.31. The van der Waals surface area contributed by atoms with Crippen LogP contribution in [0, 0.1) is 13.8 Å². The number of hydrazine groups is 1. The van der Waals surface area contributed by atoms with Gasteiger partial charge in [-0.25, -0.2) is 0 Å². The predicted molar refractivity (Wildman–Crippen MR) is 81.1 cm³/mol. The highest BCUT2D eigenvalue weighted by Crippen LogP contribution is 2.23. The minimum absolute atomic E-state index is 0.0702. The number of benzene rings is 2. The lowest BCUT2D eigenvalue weighted by atomic mass is 9.98. The summed E-state index contributed by atoms with van der Waals surface area (Å²) in [6.45, 7) is 4.08. The molecular formula is C16H19ClN2. The summed E-state index contributed by atoms with van der Waals surface area (Å²) in [7, 11) is 0. The average Bonchev–Trinajstić information content (AvgIpc) is 2.41. The van der Waals surface area contributed by atoms with Crippen LogP contribution in [-0.2, 0) is 6.42 Å². The van der Waals surface area contributed by atoms with E-state index in [-0.39, 0.29) is 6.04 Å². The lowest BCUT2D eigenvalue weighted by molar-refractivity contribution is 0.552. The molecule has 3 heteroatoms. The van der Waals surface area contributed by atoms with Crippen molar-refractivity contribution in [2.75, 3.05) is 0 Å². The van der Waals surface area contributed by atoms with Crippen LogP contribution in [-0.4, -0.2) is 0 Å². The Bertz CT molecular complexity index is 549. The maximum atomic E-state index is 6.17. The van der Waals surface area contributed by atoms with E-state index in [1.165, 1.54) is 11.1 Å². The predicted octanol–water partition coefficient (Wildman–Crippen LogP) is 3.70. The second-order valence-electron chi connectivity index (χ2n) is 4.92. The zero-order valence-electron chi connectivity index (χ0n) is 11.3. The topological polar surface area (TPSA) is 38.0 Å². The van der Waals surface area contributed by atoms with Crippen molar-refractivity contribution in [3.8, 4) is 0 Å². The molecule has 3 N–H and O–H groups in total. The molecule has 100 valence electrons. The van der Waals surface area contributed by atoms with Crippen LogP contribution < -0.4 is 11.3 Å². The first-order valence-corrected chi connectivity index (χ1v) is 6.75. The monoisotopic (exact) mass is 274 g/mol. The molecule has 2 aromatic rings. The highest BCUT2D eigenvalue weighted by atomic mass is 35.5. The molecule has 0 bridgehead atoms. The first-order chi connectivity index (χ1) is 9.10. The first kappa shape index (κ1) is 14.1. The molecule has 19 heavy (non-hydrogen) atoms. The molecule has 0 aliphatic rings. The van der Waals surface area contributed by atoms with Gasteiger partial charge in [0, 0.05) is 5.02 Å². The summed E-state index contributed by atoms with van der Waals surface area (Å²) in [5, 5.41) is 0.779. The first-order valence-electron chi connectivity index (χ1n) is 6.38. The fraction of sp³-hybridized carbons (Fsp3) is 0.250. The van der Waals surface area contributed by atoms with Crippen molar-refractivity contribution in [2.24, 2.45) is 5.84 Å². The SMILES string of the molecule is Cc1ccc(CC(NN)c2ccc(C)c(Cl)c2)cc1. The van der Waals surface area contributed by atoms with E-state index in [0.29, 0.717) is 0 Å². The average molecular weight is 275 g/mol. The molecule has 0 saturated heterocycles. The van der Waals surface area contributed by atoms with E-state index in [1.807, 2.05) is 19.1 Å². The zero-order chi connectivity index (χ0) is 13.8. The molecule has 2 aromatic carbocycles. The Morgan fingerprint density at radius 1 is 1.11 bits per heavy atom. The van der Waals surface area contributed by atoms with Gasteiger partial charge in [-0.15, -0.1) is 0 Å². The van der Waals surface area contributed by atoms with Crippen molar-refractivity contribution in [1.82, 2.24) is 5.43 Å². The van der Waals surface area contributed by atoms with Gasteiger partial charge in [-0.2, -0.15) is 0 Å². The highest BCUT2D eigenvalue weighted by Gasteiger charge is 2.11. The van der Waals surface area contributed by atoms with E-state index in [0.717, 1.165) is 22.6 Å². The van der Waals surface area contributed by atoms with Crippen LogP contribution in [0.5, 0.6) is 0 Å². The van der Waals surface area contributed by atoms with E-state index in [9.17, 15) is 0 Å². The summed E-state index contributed by atoms with van der Waals surface area (Å²) < 4.78 is 0. The van der Waals surface area contributed by atoms with Crippen molar-refractivity contribution in [1.29, 1.82) is 0 Å². The number of hydrogen-bond acceptors (Lipinski definition) is 2. The molecule has 2 nitrogen and oxygen atoms in total. The van der Waals surface area contributed by atoms with Crippen LogP contribution in [0.4, 0.5) is 0 Å².